The number of ketones is 1. The molecule has 0 N–H and O–H groups in total. The highest BCUT2D eigenvalue weighted by molar-refractivity contribution is 5.97. The quantitative estimate of drug-likeness (QED) is 0.699. The number of carbonyl (C=O) groups is 1. The normalized spacial score (nSPS) is 9.87. The van der Waals surface area contributed by atoms with Gasteiger partial charge in [0.1, 0.15) is 6.33 Å². The average molecular weight is 199 g/mol. The summed E-state index contributed by atoms with van der Waals surface area (Å²) in [7, 11) is 0. The molecule has 0 aliphatic heterocycles. The maximum absolute atomic E-state index is 11.7. The second-order valence-electron chi connectivity index (χ2n) is 3.07. The third-order valence-electron chi connectivity index (χ3n) is 1.97. The van der Waals surface area contributed by atoms with E-state index < -0.39 is 0 Å². The molecule has 1 aromatic heterocycles. The van der Waals surface area contributed by atoms with Crippen molar-refractivity contribution in [2.24, 2.45) is 0 Å². The zero-order valence-corrected chi connectivity index (χ0v) is 8.00. The molecular weight excluding hydrogens is 190 g/mol. The Balaban J connectivity index is 2.12. The first-order valence-corrected chi connectivity index (χ1v) is 4.56. The van der Waals surface area contributed by atoms with E-state index in [0.717, 1.165) is 0 Å². The van der Waals surface area contributed by atoms with Crippen molar-refractivity contribution in [3.8, 4) is 0 Å². The predicted molar refractivity (Wildman–Crippen MR) is 54.3 cm³/mol. The number of rotatable bonds is 3. The third kappa shape index (κ3) is 2.43. The van der Waals surface area contributed by atoms with Gasteiger partial charge >= 0.3 is 0 Å². The fourth-order valence-electron chi connectivity index (χ4n) is 1.25. The molecule has 74 valence electrons. The van der Waals surface area contributed by atoms with Crippen molar-refractivity contribution in [1.82, 2.24) is 15.2 Å². The van der Waals surface area contributed by atoms with Crippen LogP contribution in [0.4, 0.5) is 0 Å². The van der Waals surface area contributed by atoms with Crippen molar-refractivity contribution >= 4 is 5.78 Å². The van der Waals surface area contributed by atoms with Crippen molar-refractivity contribution in [2.45, 2.75) is 6.42 Å². The van der Waals surface area contributed by atoms with Crippen LogP contribution < -0.4 is 0 Å². The lowest BCUT2D eigenvalue weighted by molar-refractivity contribution is 0.0991. The molecule has 0 radical (unpaired) electrons. The van der Waals surface area contributed by atoms with Crippen molar-refractivity contribution in [2.75, 3.05) is 0 Å². The summed E-state index contributed by atoms with van der Waals surface area (Å²) in [5.74, 6) is 0.0258. The van der Waals surface area contributed by atoms with Crippen molar-refractivity contribution in [3.05, 3.63) is 54.1 Å². The first kappa shape index (κ1) is 9.45. The van der Waals surface area contributed by atoms with Gasteiger partial charge in [0.15, 0.2) is 5.78 Å². The van der Waals surface area contributed by atoms with E-state index in [1.54, 1.807) is 18.3 Å². The van der Waals surface area contributed by atoms with Crippen LogP contribution in [0.15, 0.2) is 42.9 Å². The molecule has 15 heavy (non-hydrogen) atoms. The minimum absolute atomic E-state index is 0.0258. The van der Waals surface area contributed by atoms with Crippen LogP contribution in [0.25, 0.3) is 0 Å². The molecule has 0 saturated heterocycles. The molecule has 1 aromatic carbocycles. The summed E-state index contributed by atoms with van der Waals surface area (Å²) >= 11 is 0. The Kier molecular flexibility index (Phi) is 2.78. The Hall–Kier alpha value is -2.10. The first-order chi connectivity index (χ1) is 7.36. The SMILES string of the molecule is O=C(Cc1cncnn1)c1ccccc1. The third-order valence-corrected chi connectivity index (χ3v) is 1.97. The Morgan fingerprint density at radius 2 is 2.00 bits per heavy atom. The molecule has 0 unspecified atom stereocenters. The standard InChI is InChI=1S/C11H9N3O/c15-11(9-4-2-1-3-5-9)6-10-7-12-8-13-14-10/h1-5,7-8H,6H2. The second kappa shape index (κ2) is 4.41. The zero-order valence-electron chi connectivity index (χ0n) is 8.00. The van der Waals surface area contributed by atoms with E-state index in [2.05, 4.69) is 15.2 Å². The number of nitrogens with zero attached hydrogens (tertiary/aromatic N) is 3. The monoisotopic (exact) mass is 199 g/mol. The number of benzene rings is 1. The van der Waals surface area contributed by atoms with Gasteiger partial charge in [-0.05, 0) is 0 Å². The van der Waals surface area contributed by atoms with E-state index in [-0.39, 0.29) is 12.2 Å². The summed E-state index contributed by atoms with van der Waals surface area (Å²) < 4.78 is 0. The van der Waals surface area contributed by atoms with Gasteiger partial charge in [0, 0.05) is 5.56 Å². The summed E-state index contributed by atoms with van der Waals surface area (Å²) in [4.78, 5) is 15.5. The van der Waals surface area contributed by atoms with Crippen LogP contribution in [-0.2, 0) is 6.42 Å². The minimum atomic E-state index is 0.0258. The van der Waals surface area contributed by atoms with Crippen LogP contribution in [0, 0.1) is 0 Å². The molecule has 0 spiro atoms. The highest BCUT2D eigenvalue weighted by Crippen LogP contribution is 2.03. The molecule has 0 fully saturated rings. The van der Waals surface area contributed by atoms with E-state index in [1.807, 2.05) is 18.2 Å². The molecule has 4 nitrogen and oxygen atoms in total. The molecule has 0 aliphatic carbocycles. The lowest BCUT2D eigenvalue weighted by atomic mass is 10.1. The summed E-state index contributed by atoms with van der Waals surface area (Å²) in [6.45, 7) is 0. The van der Waals surface area contributed by atoms with Crippen molar-refractivity contribution in [1.29, 1.82) is 0 Å². The molecule has 0 bridgehead atoms. The molecule has 4 heteroatoms. The number of hydrogen-bond acceptors (Lipinski definition) is 4. The Bertz CT molecular complexity index is 442. The van der Waals surface area contributed by atoms with Gasteiger partial charge in [-0.25, -0.2) is 4.98 Å². The van der Waals surface area contributed by atoms with Gasteiger partial charge in [0.25, 0.3) is 0 Å². The fourth-order valence-corrected chi connectivity index (χ4v) is 1.25. The van der Waals surface area contributed by atoms with Crippen LogP contribution in [-0.4, -0.2) is 21.0 Å². The largest absolute Gasteiger partial charge is 0.294 e. The maximum atomic E-state index is 11.7. The molecule has 2 aromatic rings. The van der Waals surface area contributed by atoms with E-state index >= 15 is 0 Å². The van der Waals surface area contributed by atoms with Crippen molar-refractivity contribution in [3.63, 3.8) is 0 Å². The Labute approximate surface area is 87.0 Å². The number of Topliss-reactive ketones (excluding diaryl/α,β-unsaturated/α-hetero) is 1. The van der Waals surface area contributed by atoms with Gasteiger partial charge in [0.05, 0.1) is 18.3 Å². The van der Waals surface area contributed by atoms with E-state index in [4.69, 9.17) is 0 Å². The number of hydrogen-bond donors (Lipinski definition) is 0. The minimum Gasteiger partial charge on any atom is -0.294 e. The first-order valence-electron chi connectivity index (χ1n) is 4.56. The zero-order chi connectivity index (χ0) is 10.5. The summed E-state index contributed by atoms with van der Waals surface area (Å²) in [6, 6.07) is 9.11. The topological polar surface area (TPSA) is 55.7 Å². The van der Waals surface area contributed by atoms with Gasteiger partial charge in [0.2, 0.25) is 0 Å². The summed E-state index contributed by atoms with van der Waals surface area (Å²) in [5.41, 5.74) is 1.27. The van der Waals surface area contributed by atoms with E-state index in [0.29, 0.717) is 11.3 Å². The van der Waals surface area contributed by atoms with Crippen molar-refractivity contribution < 1.29 is 4.79 Å². The smallest absolute Gasteiger partial charge is 0.168 e. The molecule has 0 aliphatic rings. The second-order valence-corrected chi connectivity index (χ2v) is 3.07. The predicted octanol–water partition coefficient (Wildman–Crippen LogP) is 1.30. The number of carbonyl (C=O) groups excluding carboxylic acids is 1. The molecule has 0 amide bonds. The highest BCUT2D eigenvalue weighted by Gasteiger charge is 2.07. The molecule has 0 atom stereocenters. The fraction of sp³-hybridized carbons (Fsp3) is 0.0909. The van der Waals surface area contributed by atoms with Gasteiger partial charge < -0.3 is 0 Å². The Morgan fingerprint density at radius 1 is 1.20 bits per heavy atom. The molecule has 0 saturated carbocycles. The van der Waals surface area contributed by atoms with Crippen LogP contribution in [0.2, 0.25) is 0 Å². The summed E-state index contributed by atoms with van der Waals surface area (Å²) in [5, 5.41) is 7.43. The van der Waals surface area contributed by atoms with Crippen LogP contribution in [0.5, 0.6) is 0 Å². The molecular formula is C11H9N3O. The molecule has 1 heterocycles. The van der Waals surface area contributed by atoms with Gasteiger partial charge in [-0.2, -0.15) is 5.10 Å². The molecule has 2 rings (SSSR count). The lowest BCUT2D eigenvalue weighted by Gasteiger charge is -1.98. The number of aromatic nitrogens is 3. The van der Waals surface area contributed by atoms with Gasteiger partial charge in [-0.15, -0.1) is 5.10 Å². The van der Waals surface area contributed by atoms with Gasteiger partial charge in [-0.3, -0.25) is 4.79 Å². The van der Waals surface area contributed by atoms with E-state index in [9.17, 15) is 4.79 Å². The lowest BCUT2D eigenvalue weighted by Crippen LogP contribution is -2.05. The van der Waals surface area contributed by atoms with Crippen LogP contribution >= 0.6 is 0 Å². The average Bonchev–Trinajstić information content (AvgIpc) is 2.31. The van der Waals surface area contributed by atoms with Crippen LogP contribution in [0.1, 0.15) is 16.1 Å². The van der Waals surface area contributed by atoms with Crippen LogP contribution in [0.3, 0.4) is 0 Å². The maximum Gasteiger partial charge on any atom is 0.168 e. The van der Waals surface area contributed by atoms with Gasteiger partial charge in [-0.1, -0.05) is 30.3 Å². The summed E-state index contributed by atoms with van der Waals surface area (Å²) in [6.07, 6.45) is 3.13. The Morgan fingerprint density at radius 3 is 2.67 bits per heavy atom. The highest BCUT2D eigenvalue weighted by atomic mass is 16.1. The van der Waals surface area contributed by atoms with E-state index in [1.165, 1.54) is 6.33 Å².